The van der Waals surface area contributed by atoms with Gasteiger partial charge in [-0.2, -0.15) is 0 Å². The van der Waals surface area contributed by atoms with E-state index in [0.29, 0.717) is 41.5 Å². The molecular formula is C24H26ClFN4O4S2. The van der Waals surface area contributed by atoms with Gasteiger partial charge in [-0.3, -0.25) is 4.99 Å². The number of amidine groups is 1. The van der Waals surface area contributed by atoms with Gasteiger partial charge in [0.1, 0.15) is 11.9 Å². The van der Waals surface area contributed by atoms with Gasteiger partial charge >= 0.3 is 5.97 Å². The fraction of sp³-hybridized carbons (Fsp3) is 0.458. The zero-order valence-corrected chi connectivity index (χ0v) is 22.0. The summed E-state index contributed by atoms with van der Waals surface area (Å²) in [4.78, 5) is 24.4. The van der Waals surface area contributed by atoms with Crippen LogP contribution in [0.2, 0.25) is 5.02 Å². The molecule has 3 aliphatic rings. The third-order valence-corrected chi connectivity index (χ3v) is 9.82. The van der Waals surface area contributed by atoms with Gasteiger partial charge in [0.25, 0.3) is 0 Å². The maximum Gasteiger partial charge on any atom is 0.338 e. The number of hydrogen-bond acceptors (Lipinski definition) is 8. The van der Waals surface area contributed by atoms with E-state index >= 15 is 0 Å². The molecule has 0 unspecified atom stereocenters. The normalized spacial score (nSPS) is 22.6. The lowest BCUT2D eigenvalue weighted by atomic mass is 9.94. The SMILES string of the molecule is CCOC(=O)C1=C2C[C@H](NS(=O)(=O)C3CCCC3)CN2C(c2nccs2)=N[C@H]1c1ccc(F)cc1Cl. The summed E-state index contributed by atoms with van der Waals surface area (Å²) in [6, 6.07) is 2.65. The third-order valence-electron chi connectivity index (χ3n) is 6.71. The van der Waals surface area contributed by atoms with Crippen molar-refractivity contribution in [2.45, 2.75) is 56.4 Å². The van der Waals surface area contributed by atoms with Crippen molar-refractivity contribution in [3.05, 3.63) is 62.5 Å². The second-order valence-electron chi connectivity index (χ2n) is 9.02. The van der Waals surface area contributed by atoms with Gasteiger partial charge in [-0.1, -0.05) is 30.5 Å². The standard InChI is InChI=1S/C24H26ClFN4O4S2/c1-2-34-24(31)20-19-12-15(29-36(32,33)16-5-3-4-6-16)13-30(19)22(23-27-9-10-35-23)28-21(20)17-8-7-14(26)11-18(17)25/h7-11,15-16,21,29H,2-6,12-13H2,1H3/t15-,21-/m0/s1. The van der Waals surface area contributed by atoms with Gasteiger partial charge in [0.15, 0.2) is 10.8 Å². The summed E-state index contributed by atoms with van der Waals surface area (Å²) in [6.07, 6.45) is 5.05. The van der Waals surface area contributed by atoms with Crippen LogP contribution in [0.25, 0.3) is 0 Å². The maximum atomic E-state index is 13.8. The summed E-state index contributed by atoms with van der Waals surface area (Å²) in [5.41, 5.74) is 1.34. The number of aromatic nitrogens is 1. The molecule has 36 heavy (non-hydrogen) atoms. The Kier molecular flexibility index (Phi) is 7.17. The van der Waals surface area contributed by atoms with E-state index in [0.717, 1.165) is 12.8 Å². The number of rotatable bonds is 7. The van der Waals surface area contributed by atoms with E-state index < -0.39 is 39.1 Å². The Morgan fingerprint density at radius 2 is 2.11 bits per heavy atom. The molecule has 2 aromatic rings. The van der Waals surface area contributed by atoms with E-state index in [1.54, 1.807) is 13.1 Å². The number of halogens is 2. The summed E-state index contributed by atoms with van der Waals surface area (Å²) in [5.74, 6) is -0.553. The van der Waals surface area contributed by atoms with Crippen molar-refractivity contribution in [3.63, 3.8) is 0 Å². The minimum absolute atomic E-state index is 0.134. The quantitative estimate of drug-likeness (QED) is 0.517. The van der Waals surface area contributed by atoms with Crippen molar-refractivity contribution in [1.82, 2.24) is 14.6 Å². The minimum Gasteiger partial charge on any atom is -0.463 e. The van der Waals surface area contributed by atoms with Crippen molar-refractivity contribution in [3.8, 4) is 0 Å². The maximum absolute atomic E-state index is 13.8. The van der Waals surface area contributed by atoms with Crippen molar-refractivity contribution < 1.29 is 22.3 Å². The Labute approximate surface area is 218 Å². The zero-order valence-electron chi connectivity index (χ0n) is 19.6. The second kappa shape index (κ2) is 10.2. The van der Waals surface area contributed by atoms with Gasteiger partial charge in [0.05, 0.1) is 17.4 Å². The molecule has 8 nitrogen and oxygen atoms in total. The van der Waals surface area contributed by atoms with Crippen LogP contribution in [0, 0.1) is 5.82 Å². The first-order chi connectivity index (χ1) is 17.3. The number of esters is 1. The molecule has 192 valence electrons. The van der Waals surface area contributed by atoms with Crippen LogP contribution >= 0.6 is 22.9 Å². The Morgan fingerprint density at radius 1 is 1.33 bits per heavy atom. The van der Waals surface area contributed by atoms with Gasteiger partial charge < -0.3 is 9.64 Å². The highest BCUT2D eigenvalue weighted by Gasteiger charge is 2.44. The molecule has 3 heterocycles. The molecule has 0 spiro atoms. The Bertz CT molecular complexity index is 1320. The largest absolute Gasteiger partial charge is 0.463 e. The van der Waals surface area contributed by atoms with Crippen LogP contribution in [-0.4, -0.2) is 54.6 Å². The van der Waals surface area contributed by atoms with E-state index in [1.807, 2.05) is 10.3 Å². The Hall–Kier alpha value is -2.34. The van der Waals surface area contributed by atoms with E-state index in [9.17, 15) is 17.6 Å². The van der Waals surface area contributed by atoms with Crippen LogP contribution < -0.4 is 4.72 Å². The lowest BCUT2D eigenvalue weighted by Gasteiger charge is -2.31. The van der Waals surface area contributed by atoms with Crippen molar-refractivity contribution in [1.29, 1.82) is 0 Å². The van der Waals surface area contributed by atoms with Crippen LogP contribution in [0.15, 0.2) is 46.0 Å². The smallest absolute Gasteiger partial charge is 0.338 e. The molecule has 12 heteroatoms. The number of carbonyl (C=O) groups excluding carboxylic acids is 1. The number of carbonyl (C=O) groups is 1. The first kappa shape index (κ1) is 25.3. The molecule has 1 aliphatic carbocycles. The molecule has 2 aliphatic heterocycles. The highest BCUT2D eigenvalue weighted by molar-refractivity contribution is 7.90. The summed E-state index contributed by atoms with van der Waals surface area (Å²) < 4.78 is 48.2. The number of nitrogens with one attached hydrogen (secondary N) is 1. The number of thiazole rings is 1. The van der Waals surface area contributed by atoms with E-state index in [4.69, 9.17) is 21.3 Å². The molecular weight excluding hydrogens is 527 g/mol. The third kappa shape index (κ3) is 4.81. The van der Waals surface area contributed by atoms with E-state index in [-0.39, 0.29) is 23.6 Å². The molecule has 1 saturated heterocycles. The lowest BCUT2D eigenvalue weighted by Crippen LogP contribution is -2.42. The van der Waals surface area contributed by atoms with Crippen LogP contribution in [-0.2, 0) is 19.6 Å². The van der Waals surface area contributed by atoms with Gasteiger partial charge in [0.2, 0.25) is 10.0 Å². The molecule has 2 atom stereocenters. The van der Waals surface area contributed by atoms with Gasteiger partial charge in [-0.25, -0.2) is 27.3 Å². The van der Waals surface area contributed by atoms with Gasteiger partial charge in [0, 0.05) is 46.9 Å². The molecule has 1 N–H and O–H groups in total. The molecule has 0 radical (unpaired) electrons. The molecule has 1 saturated carbocycles. The first-order valence-corrected chi connectivity index (χ1v) is 14.7. The molecule has 0 bridgehead atoms. The summed E-state index contributed by atoms with van der Waals surface area (Å²) >= 11 is 7.79. The number of sulfonamides is 1. The predicted octanol–water partition coefficient (Wildman–Crippen LogP) is 4.19. The minimum atomic E-state index is -3.51. The van der Waals surface area contributed by atoms with Crippen molar-refractivity contribution >= 4 is 44.8 Å². The molecule has 1 aromatic carbocycles. The number of benzene rings is 1. The predicted molar refractivity (Wildman–Crippen MR) is 136 cm³/mol. The number of nitrogens with zero attached hydrogens (tertiary/aromatic N) is 3. The molecule has 1 aromatic heterocycles. The average molecular weight is 553 g/mol. The molecule has 2 fully saturated rings. The lowest BCUT2D eigenvalue weighted by molar-refractivity contribution is -0.139. The average Bonchev–Trinajstić information content (AvgIpc) is 3.59. The van der Waals surface area contributed by atoms with Gasteiger partial charge in [-0.15, -0.1) is 11.3 Å². The second-order valence-corrected chi connectivity index (χ2v) is 12.3. The van der Waals surface area contributed by atoms with Gasteiger partial charge in [-0.05, 0) is 31.9 Å². The summed E-state index contributed by atoms with van der Waals surface area (Å²) in [6.45, 7) is 2.16. The number of fused-ring (bicyclic) bond motifs is 1. The fourth-order valence-corrected chi connectivity index (χ4v) is 7.80. The number of hydrogen-bond donors (Lipinski definition) is 1. The summed E-state index contributed by atoms with van der Waals surface area (Å²) in [7, 11) is -3.51. The highest BCUT2D eigenvalue weighted by atomic mass is 35.5. The van der Waals surface area contributed by atoms with E-state index in [2.05, 4.69) is 9.71 Å². The number of ether oxygens (including phenoxy) is 1. The Balaban J connectivity index is 1.59. The number of aliphatic imine (C=N–C) groups is 1. The summed E-state index contributed by atoms with van der Waals surface area (Å²) in [5, 5.41) is 2.18. The van der Waals surface area contributed by atoms with Crippen LogP contribution in [0.3, 0.4) is 0 Å². The fourth-order valence-electron chi connectivity index (χ4n) is 5.12. The first-order valence-electron chi connectivity index (χ1n) is 11.9. The van der Waals surface area contributed by atoms with Crippen LogP contribution in [0.5, 0.6) is 0 Å². The van der Waals surface area contributed by atoms with E-state index in [1.165, 1.54) is 29.5 Å². The van der Waals surface area contributed by atoms with Crippen molar-refractivity contribution in [2.75, 3.05) is 13.2 Å². The topological polar surface area (TPSA) is 101 Å². The Morgan fingerprint density at radius 3 is 2.78 bits per heavy atom. The highest BCUT2D eigenvalue weighted by Crippen LogP contribution is 2.43. The zero-order chi connectivity index (χ0) is 25.4. The monoisotopic (exact) mass is 552 g/mol. The molecule has 0 amide bonds. The molecule has 5 rings (SSSR count). The van der Waals surface area contributed by atoms with Crippen LogP contribution in [0.4, 0.5) is 4.39 Å². The van der Waals surface area contributed by atoms with Crippen molar-refractivity contribution in [2.24, 2.45) is 4.99 Å². The van der Waals surface area contributed by atoms with Crippen LogP contribution in [0.1, 0.15) is 55.6 Å².